The Kier molecular flexibility index (Phi) is 4.30. The summed E-state index contributed by atoms with van der Waals surface area (Å²) in [5.41, 5.74) is 0.586. The van der Waals surface area contributed by atoms with Crippen molar-refractivity contribution in [2.24, 2.45) is 0 Å². The Morgan fingerprint density at radius 1 is 1.37 bits per heavy atom. The maximum absolute atomic E-state index is 12.0. The maximum Gasteiger partial charge on any atom is 0.316 e. The molecule has 0 N–H and O–H groups in total. The Morgan fingerprint density at radius 2 is 2.11 bits per heavy atom. The lowest BCUT2D eigenvalue weighted by Crippen LogP contribution is -2.23. The lowest BCUT2D eigenvalue weighted by atomic mass is 9.96. The largest absolute Gasteiger partial charge is 0.465 e. The second kappa shape index (κ2) is 5.78. The quantitative estimate of drug-likeness (QED) is 0.593. The molecule has 0 spiro atoms. The molecule has 1 fully saturated rings. The summed E-state index contributed by atoms with van der Waals surface area (Å²) in [5, 5.41) is 0. The minimum Gasteiger partial charge on any atom is -0.465 e. The molecular weight excluding hydrogens is 260 g/mol. The molecule has 0 bridgehead atoms. The standard InChI is InChI=1S/C15H18O3S/c1-3-18-14(17)15(7-8-15)12-5-4-6-13(9-12)19-10-11(2)16/h4-6,9H,3,7-8,10H2,1-2H3. The van der Waals surface area contributed by atoms with Crippen LogP contribution in [0.4, 0.5) is 0 Å². The van der Waals surface area contributed by atoms with Crippen molar-refractivity contribution in [3.8, 4) is 0 Å². The zero-order chi connectivity index (χ0) is 13.9. The monoisotopic (exact) mass is 278 g/mol. The van der Waals surface area contributed by atoms with Crippen molar-refractivity contribution in [1.82, 2.24) is 0 Å². The lowest BCUT2D eigenvalue weighted by molar-refractivity contribution is -0.146. The summed E-state index contributed by atoms with van der Waals surface area (Å²) >= 11 is 1.51. The van der Waals surface area contributed by atoms with E-state index < -0.39 is 5.41 Å². The molecule has 2 rings (SSSR count). The van der Waals surface area contributed by atoms with E-state index in [9.17, 15) is 9.59 Å². The first-order valence-corrected chi connectivity index (χ1v) is 7.47. The second-order valence-corrected chi connectivity index (χ2v) is 5.87. The topological polar surface area (TPSA) is 43.4 Å². The van der Waals surface area contributed by atoms with E-state index in [1.165, 1.54) is 11.8 Å². The van der Waals surface area contributed by atoms with Gasteiger partial charge in [-0.05, 0) is 44.4 Å². The third kappa shape index (κ3) is 3.18. The van der Waals surface area contributed by atoms with Crippen LogP contribution in [0.2, 0.25) is 0 Å². The van der Waals surface area contributed by atoms with Crippen molar-refractivity contribution in [3.05, 3.63) is 29.8 Å². The second-order valence-electron chi connectivity index (χ2n) is 4.82. The number of carbonyl (C=O) groups excluding carboxylic acids is 2. The molecule has 4 heteroatoms. The Balaban J connectivity index is 2.14. The molecule has 19 heavy (non-hydrogen) atoms. The van der Waals surface area contributed by atoms with Crippen LogP contribution < -0.4 is 0 Å². The van der Waals surface area contributed by atoms with Crippen LogP contribution in [0, 0.1) is 0 Å². The summed E-state index contributed by atoms with van der Waals surface area (Å²) in [7, 11) is 0. The van der Waals surface area contributed by atoms with Crippen LogP contribution >= 0.6 is 11.8 Å². The Bertz CT molecular complexity index is 492. The lowest BCUT2D eigenvalue weighted by Gasteiger charge is -2.15. The van der Waals surface area contributed by atoms with Crippen LogP contribution in [0.15, 0.2) is 29.2 Å². The van der Waals surface area contributed by atoms with Crippen molar-refractivity contribution in [2.45, 2.75) is 37.0 Å². The molecule has 0 amide bonds. The molecule has 1 aromatic rings. The minimum atomic E-state index is -0.428. The van der Waals surface area contributed by atoms with Crippen molar-refractivity contribution in [2.75, 3.05) is 12.4 Å². The van der Waals surface area contributed by atoms with Crippen LogP contribution in [0.1, 0.15) is 32.3 Å². The van der Waals surface area contributed by atoms with Crippen LogP contribution in [0.3, 0.4) is 0 Å². The first-order chi connectivity index (χ1) is 9.08. The predicted octanol–water partition coefficient (Wildman–Crippen LogP) is 2.96. The average Bonchev–Trinajstić information content (AvgIpc) is 3.18. The molecule has 0 aromatic heterocycles. The molecule has 102 valence electrons. The molecule has 0 unspecified atom stereocenters. The van der Waals surface area contributed by atoms with Gasteiger partial charge in [-0.25, -0.2) is 0 Å². The van der Waals surface area contributed by atoms with Gasteiger partial charge in [0.2, 0.25) is 0 Å². The van der Waals surface area contributed by atoms with Gasteiger partial charge in [0.25, 0.3) is 0 Å². The normalized spacial score (nSPS) is 15.9. The number of thioether (sulfide) groups is 1. The summed E-state index contributed by atoms with van der Waals surface area (Å²) in [6.45, 7) is 3.82. The van der Waals surface area contributed by atoms with E-state index in [0.29, 0.717) is 12.4 Å². The van der Waals surface area contributed by atoms with E-state index in [0.717, 1.165) is 23.3 Å². The summed E-state index contributed by atoms with van der Waals surface area (Å²) in [6.07, 6.45) is 1.71. The van der Waals surface area contributed by atoms with Crippen LogP contribution in [-0.2, 0) is 19.7 Å². The van der Waals surface area contributed by atoms with E-state index in [1.54, 1.807) is 6.92 Å². The van der Waals surface area contributed by atoms with Gasteiger partial charge in [0.15, 0.2) is 0 Å². The highest BCUT2D eigenvalue weighted by Crippen LogP contribution is 2.49. The molecule has 1 aliphatic carbocycles. The third-order valence-electron chi connectivity index (χ3n) is 3.24. The van der Waals surface area contributed by atoms with Crippen molar-refractivity contribution in [3.63, 3.8) is 0 Å². The maximum atomic E-state index is 12.0. The highest BCUT2D eigenvalue weighted by molar-refractivity contribution is 8.00. The smallest absolute Gasteiger partial charge is 0.316 e. The number of ketones is 1. The number of benzene rings is 1. The highest BCUT2D eigenvalue weighted by atomic mass is 32.2. The Labute approximate surface area is 117 Å². The van der Waals surface area contributed by atoms with Crippen LogP contribution in [0.5, 0.6) is 0 Å². The summed E-state index contributed by atoms with van der Waals surface area (Å²) < 4.78 is 5.16. The molecule has 3 nitrogen and oxygen atoms in total. The van der Waals surface area contributed by atoms with Gasteiger partial charge in [0.05, 0.1) is 17.8 Å². The van der Waals surface area contributed by atoms with Gasteiger partial charge in [-0.15, -0.1) is 11.8 Å². The first-order valence-electron chi connectivity index (χ1n) is 6.48. The molecule has 0 heterocycles. The van der Waals surface area contributed by atoms with Gasteiger partial charge in [0, 0.05) is 4.90 Å². The van der Waals surface area contributed by atoms with E-state index in [1.807, 2.05) is 31.2 Å². The molecular formula is C15H18O3S. The fraction of sp³-hybridized carbons (Fsp3) is 0.467. The van der Waals surface area contributed by atoms with E-state index in [-0.39, 0.29) is 11.8 Å². The fourth-order valence-corrected chi connectivity index (χ4v) is 2.83. The molecule has 0 saturated heterocycles. The summed E-state index contributed by atoms with van der Waals surface area (Å²) in [4.78, 5) is 24.1. The number of Topliss-reactive ketones (excluding diaryl/α,β-unsaturated/α-hetero) is 1. The average molecular weight is 278 g/mol. The zero-order valence-electron chi connectivity index (χ0n) is 11.3. The van der Waals surface area contributed by atoms with Gasteiger partial charge >= 0.3 is 5.97 Å². The Morgan fingerprint density at radius 3 is 2.68 bits per heavy atom. The number of rotatable bonds is 6. The molecule has 1 saturated carbocycles. The van der Waals surface area contributed by atoms with E-state index in [4.69, 9.17) is 4.74 Å². The highest BCUT2D eigenvalue weighted by Gasteiger charge is 2.52. The van der Waals surface area contributed by atoms with Crippen LogP contribution in [0.25, 0.3) is 0 Å². The fourth-order valence-electron chi connectivity index (χ4n) is 2.07. The molecule has 1 aromatic carbocycles. The zero-order valence-corrected chi connectivity index (χ0v) is 12.1. The third-order valence-corrected chi connectivity index (χ3v) is 4.38. The van der Waals surface area contributed by atoms with E-state index in [2.05, 4.69) is 0 Å². The van der Waals surface area contributed by atoms with Gasteiger partial charge in [-0.3, -0.25) is 9.59 Å². The SMILES string of the molecule is CCOC(=O)C1(c2cccc(SCC(C)=O)c2)CC1. The van der Waals surface area contributed by atoms with Gasteiger partial charge in [0.1, 0.15) is 5.78 Å². The van der Waals surface area contributed by atoms with Gasteiger partial charge < -0.3 is 4.74 Å². The summed E-state index contributed by atoms with van der Waals surface area (Å²) in [6, 6.07) is 7.90. The number of esters is 1. The van der Waals surface area contributed by atoms with Crippen molar-refractivity contribution in [1.29, 1.82) is 0 Å². The van der Waals surface area contributed by atoms with Crippen molar-refractivity contribution >= 4 is 23.5 Å². The summed E-state index contributed by atoms with van der Waals surface area (Å²) in [5.74, 6) is 0.501. The molecule has 0 atom stereocenters. The van der Waals surface area contributed by atoms with Gasteiger partial charge in [-0.1, -0.05) is 12.1 Å². The molecule has 0 aliphatic heterocycles. The number of hydrogen-bond donors (Lipinski definition) is 0. The molecule has 0 radical (unpaired) electrons. The predicted molar refractivity (Wildman–Crippen MR) is 75.4 cm³/mol. The number of ether oxygens (including phenoxy) is 1. The Hall–Kier alpha value is -1.29. The number of hydrogen-bond acceptors (Lipinski definition) is 4. The first kappa shape index (κ1) is 14.1. The number of carbonyl (C=O) groups is 2. The van der Waals surface area contributed by atoms with Crippen molar-refractivity contribution < 1.29 is 14.3 Å². The van der Waals surface area contributed by atoms with Gasteiger partial charge in [-0.2, -0.15) is 0 Å². The molecule has 1 aliphatic rings. The minimum absolute atomic E-state index is 0.122. The van der Waals surface area contributed by atoms with Crippen LogP contribution in [-0.4, -0.2) is 24.1 Å². The van der Waals surface area contributed by atoms with E-state index >= 15 is 0 Å².